The highest BCUT2D eigenvalue weighted by atomic mass is 32.2. The van der Waals surface area contributed by atoms with Crippen LogP contribution in [0.1, 0.15) is 57.8 Å². The molecule has 2 atom stereocenters. The zero-order valence-corrected chi connectivity index (χ0v) is 30.0. The largest absolute Gasteiger partial charge is 0.611 e. The molecule has 3 heterocycles. The number of aromatic nitrogens is 4. The molecule has 2 aromatic carbocycles. The minimum atomic E-state index is -1.30. The molecule has 2 N–H and O–H groups in total. The third kappa shape index (κ3) is 10.2. The van der Waals surface area contributed by atoms with Crippen molar-refractivity contribution < 1.29 is 23.9 Å². The van der Waals surface area contributed by atoms with Crippen LogP contribution in [0.2, 0.25) is 0 Å². The van der Waals surface area contributed by atoms with Crippen LogP contribution >= 0.6 is 0 Å². The zero-order valence-electron chi connectivity index (χ0n) is 29.2. The van der Waals surface area contributed by atoms with Crippen molar-refractivity contribution in [3.63, 3.8) is 0 Å². The van der Waals surface area contributed by atoms with Gasteiger partial charge in [-0.3, -0.25) is 4.79 Å². The van der Waals surface area contributed by atoms with Gasteiger partial charge in [-0.25, -0.2) is 4.98 Å². The monoisotopic (exact) mass is 700 g/mol. The first-order valence-corrected chi connectivity index (χ1v) is 18.7. The summed E-state index contributed by atoms with van der Waals surface area (Å²) in [6.07, 6.45) is 9.35. The molecule has 0 bridgehead atoms. The molecule has 4 aromatic rings. The molecule has 2 aromatic heterocycles. The highest BCUT2D eigenvalue weighted by Gasteiger charge is 2.25. The van der Waals surface area contributed by atoms with E-state index in [2.05, 4.69) is 34.3 Å². The fourth-order valence-corrected chi connectivity index (χ4v) is 6.79. The summed E-state index contributed by atoms with van der Waals surface area (Å²) < 4.78 is 26.4. The Morgan fingerprint density at radius 2 is 1.88 bits per heavy atom. The fourth-order valence-electron chi connectivity index (χ4n) is 5.72. The predicted molar refractivity (Wildman–Crippen MR) is 197 cm³/mol. The number of pyridine rings is 1. The van der Waals surface area contributed by atoms with Gasteiger partial charge in [0.15, 0.2) is 16.5 Å². The van der Waals surface area contributed by atoms with Crippen molar-refractivity contribution in [2.75, 3.05) is 49.7 Å². The third-order valence-electron chi connectivity index (χ3n) is 8.59. The summed E-state index contributed by atoms with van der Waals surface area (Å²) in [6.45, 7) is 10.2. The molecule has 11 nitrogen and oxygen atoms in total. The van der Waals surface area contributed by atoms with Crippen LogP contribution in [0, 0.1) is 5.92 Å². The number of amides is 1. The normalized spacial score (nSPS) is 15.3. The Kier molecular flexibility index (Phi) is 13.8. The van der Waals surface area contributed by atoms with Crippen molar-refractivity contribution in [1.29, 1.82) is 0 Å². The minimum absolute atomic E-state index is 0.132. The standard InChI is InChI=1S/C38H48N6O5S/c1-4-6-18-48-19-20-49-34-11-7-30(8-12-34)32-22-31(37(39-23-32)43-17-15-29(24-43)25-45)21-28(3)38(46)41-33-9-13-35(14-10-33)50(47)26-36-42-40-27-44(36)16-5-2/h7-14,21-23,27,29,45H,4-6,15-20,24-26H2,1-3H3,(H,41,46). The molecule has 0 aliphatic carbocycles. The number of nitrogens with zero attached hydrogens (tertiary/aromatic N) is 5. The van der Waals surface area contributed by atoms with E-state index in [1.54, 1.807) is 37.5 Å². The average Bonchev–Trinajstić information content (AvgIpc) is 3.80. The summed E-state index contributed by atoms with van der Waals surface area (Å²) in [6, 6.07) is 17.0. The number of ether oxygens (including phenoxy) is 2. The maximum atomic E-state index is 13.4. The van der Waals surface area contributed by atoms with Gasteiger partial charge in [-0.05, 0) is 91.5 Å². The third-order valence-corrected chi connectivity index (χ3v) is 9.91. The highest BCUT2D eigenvalue weighted by molar-refractivity contribution is 7.90. The number of carbonyl (C=O) groups excluding carboxylic acids is 1. The molecule has 1 saturated heterocycles. The number of hydrogen-bond donors (Lipinski definition) is 2. The van der Waals surface area contributed by atoms with E-state index >= 15 is 0 Å². The molecule has 1 amide bonds. The topological polar surface area (TPSA) is 138 Å². The second-order valence-corrected chi connectivity index (χ2v) is 13.9. The Labute approximate surface area is 297 Å². The van der Waals surface area contributed by atoms with Crippen LogP contribution in [0.5, 0.6) is 5.75 Å². The van der Waals surface area contributed by atoms with Crippen LogP contribution in [-0.2, 0) is 33.0 Å². The van der Waals surface area contributed by atoms with Crippen molar-refractivity contribution in [3.8, 4) is 16.9 Å². The van der Waals surface area contributed by atoms with Crippen LogP contribution in [0.15, 0.2) is 77.6 Å². The van der Waals surface area contributed by atoms with Gasteiger partial charge in [-0.1, -0.05) is 32.4 Å². The zero-order chi connectivity index (χ0) is 35.3. The summed E-state index contributed by atoms with van der Waals surface area (Å²) in [4.78, 5) is 21.1. The van der Waals surface area contributed by atoms with Crippen LogP contribution in [0.3, 0.4) is 0 Å². The van der Waals surface area contributed by atoms with E-state index in [0.717, 1.165) is 73.6 Å². The molecule has 12 heteroatoms. The van der Waals surface area contributed by atoms with Crippen LogP contribution in [0.25, 0.3) is 17.2 Å². The lowest BCUT2D eigenvalue weighted by Crippen LogP contribution is -2.22. The van der Waals surface area contributed by atoms with Gasteiger partial charge < -0.3 is 33.9 Å². The number of nitrogens with one attached hydrogen (secondary N) is 1. The quantitative estimate of drug-likeness (QED) is 0.0715. The maximum absolute atomic E-state index is 13.4. The second-order valence-electron chi connectivity index (χ2n) is 12.5. The first kappa shape index (κ1) is 37.0. The van der Waals surface area contributed by atoms with E-state index in [1.807, 2.05) is 47.2 Å². The van der Waals surface area contributed by atoms with Gasteiger partial charge >= 0.3 is 0 Å². The molecule has 266 valence electrons. The molecule has 1 aliphatic heterocycles. The lowest BCUT2D eigenvalue weighted by atomic mass is 10.0. The molecule has 1 fully saturated rings. The van der Waals surface area contributed by atoms with Crippen LogP contribution in [-0.4, -0.2) is 74.8 Å². The van der Waals surface area contributed by atoms with Crippen LogP contribution in [0.4, 0.5) is 11.5 Å². The van der Waals surface area contributed by atoms with Gasteiger partial charge in [0.2, 0.25) is 0 Å². The average molecular weight is 701 g/mol. The molecule has 1 aliphatic rings. The molecule has 5 rings (SSSR count). The van der Waals surface area contributed by atoms with Crippen molar-refractivity contribution >= 4 is 34.7 Å². The summed E-state index contributed by atoms with van der Waals surface area (Å²) in [7, 11) is 0. The SMILES string of the molecule is CCCCOCCOc1ccc(-c2cnc(N3CCC(CO)C3)c(C=C(C)C(=O)Nc3ccc([S+]([O-])Cc4nncn4CCC)cc3)c2)cc1. The summed E-state index contributed by atoms with van der Waals surface area (Å²) >= 11 is -1.30. The predicted octanol–water partition coefficient (Wildman–Crippen LogP) is 6.11. The Hall–Kier alpha value is -4.23. The maximum Gasteiger partial charge on any atom is 0.251 e. The Bertz CT molecular complexity index is 1690. The number of hydrogen-bond acceptors (Lipinski definition) is 9. The fraction of sp³-hybridized carbons (Fsp3) is 0.421. The Morgan fingerprint density at radius 1 is 1.08 bits per heavy atom. The van der Waals surface area contributed by atoms with E-state index in [9.17, 15) is 14.5 Å². The van der Waals surface area contributed by atoms with Gasteiger partial charge in [0.05, 0.1) is 6.61 Å². The number of aliphatic hydroxyl groups is 1. The molecular weight excluding hydrogens is 653 g/mol. The lowest BCUT2D eigenvalue weighted by molar-refractivity contribution is -0.112. The molecule has 50 heavy (non-hydrogen) atoms. The smallest absolute Gasteiger partial charge is 0.251 e. The Morgan fingerprint density at radius 3 is 2.60 bits per heavy atom. The van der Waals surface area contributed by atoms with Crippen molar-refractivity contribution in [1.82, 2.24) is 19.7 Å². The van der Waals surface area contributed by atoms with Crippen molar-refractivity contribution in [2.45, 2.75) is 63.6 Å². The lowest BCUT2D eigenvalue weighted by Gasteiger charge is -2.21. The Balaban J connectivity index is 1.27. The summed E-state index contributed by atoms with van der Waals surface area (Å²) in [5.41, 5.74) is 3.82. The highest BCUT2D eigenvalue weighted by Crippen LogP contribution is 2.31. The van der Waals surface area contributed by atoms with Gasteiger partial charge in [0.25, 0.3) is 5.91 Å². The molecule has 0 saturated carbocycles. The number of rotatable bonds is 18. The van der Waals surface area contributed by atoms with E-state index in [1.165, 1.54) is 0 Å². The number of aryl methyl sites for hydroxylation is 1. The second kappa shape index (κ2) is 18.7. The molecule has 0 radical (unpaired) electrons. The number of unbranched alkanes of at least 4 members (excludes halogenated alkanes) is 1. The van der Waals surface area contributed by atoms with Gasteiger partial charge in [-0.15, -0.1) is 10.2 Å². The van der Waals surface area contributed by atoms with E-state index in [4.69, 9.17) is 14.5 Å². The molecular formula is C38H48N6O5S. The minimum Gasteiger partial charge on any atom is -0.611 e. The molecule has 2 unspecified atom stereocenters. The van der Waals surface area contributed by atoms with E-state index in [0.29, 0.717) is 41.7 Å². The van der Waals surface area contributed by atoms with E-state index < -0.39 is 11.2 Å². The number of anilines is 2. The van der Waals surface area contributed by atoms with E-state index in [-0.39, 0.29) is 24.2 Å². The van der Waals surface area contributed by atoms with Gasteiger partial charge in [0, 0.05) is 67.4 Å². The molecule has 0 spiro atoms. The van der Waals surface area contributed by atoms with Gasteiger partial charge in [0.1, 0.15) is 24.5 Å². The number of benzene rings is 2. The first-order valence-electron chi connectivity index (χ1n) is 17.4. The first-order chi connectivity index (χ1) is 24.4. The van der Waals surface area contributed by atoms with Crippen molar-refractivity contribution in [2.24, 2.45) is 5.92 Å². The summed E-state index contributed by atoms with van der Waals surface area (Å²) in [5, 5.41) is 20.8. The van der Waals surface area contributed by atoms with Gasteiger partial charge in [-0.2, -0.15) is 0 Å². The number of aliphatic hydroxyl groups excluding tert-OH is 1. The number of carbonyl (C=O) groups is 1. The van der Waals surface area contributed by atoms with Crippen molar-refractivity contribution in [3.05, 3.63) is 84.1 Å². The summed E-state index contributed by atoms with van der Waals surface area (Å²) in [5.74, 6) is 2.44. The van der Waals surface area contributed by atoms with Crippen LogP contribution < -0.4 is 15.0 Å².